The third kappa shape index (κ3) is 148. The lowest BCUT2D eigenvalue weighted by atomic mass is 10.6. The Balaban J connectivity index is 0. The van der Waals surface area contributed by atoms with Crippen molar-refractivity contribution in [1.82, 2.24) is 0 Å². The number of rotatable bonds is 0. The molecule has 0 aromatic carbocycles. The largest absolute Gasteiger partial charge is 0.513 e. The summed E-state index contributed by atoms with van der Waals surface area (Å²) in [6, 6.07) is 0. The highest BCUT2D eigenvalue weighted by molar-refractivity contribution is 5.72. The van der Waals surface area contributed by atoms with E-state index in [0.717, 1.165) is 0 Å². The molecule has 2 nitrogen and oxygen atoms in total. The second kappa shape index (κ2) is 6.21. The summed E-state index contributed by atoms with van der Waals surface area (Å²) in [6.45, 7) is 7.69. The van der Waals surface area contributed by atoms with Crippen LogP contribution < -0.4 is 0 Å². The number of allylic oxidation sites excluding steroid dienone is 1. The molecule has 0 bridgehead atoms. The smallest absolute Gasteiger partial charge is 0.126 e. The molecular formula is C6H12O2. The zero-order valence-corrected chi connectivity index (χ0v) is 5.56. The van der Waals surface area contributed by atoms with Crippen molar-refractivity contribution >= 4 is 5.78 Å². The predicted molar refractivity (Wildman–Crippen MR) is 33.8 cm³/mol. The molecule has 0 atom stereocenters. The van der Waals surface area contributed by atoms with E-state index in [-0.39, 0.29) is 11.5 Å². The summed E-state index contributed by atoms with van der Waals surface area (Å²) < 4.78 is 0. The van der Waals surface area contributed by atoms with Crippen molar-refractivity contribution in [3.8, 4) is 0 Å². The normalized spacial score (nSPS) is 6.38. The maximum atomic E-state index is 9.44. The second-order valence-corrected chi connectivity index (χ2v) is 1.64. The minimum absolute atomic E-state index is 0.167. The van der Waals surface area contributed by atoms with Gasteiger partial charge in [0.15, 0.2) is 0 Å². The summed E-state index contributed by atoms with van der Waals surface area (Å²) in [7, 11) is 0. The SMILES string of the molecule is C=C(C)O.CC(C)=O. The first-order valence-corrected chi connectivity index (χ1v) is 2.28. The van der Waals surface area contributed by atoms with Crippen molar-refractivity contribution < 1.29 is 9.90 Å². The third-order valence-electron chi connectivity index (χ3n) is 0. The molecule has 0 rings (SSSR count). The number of aliphatic hydroxyl groups is 1. The molecule has 0 unspecified atom stereocenters. The maximum absolute atomic E-state index is 9.44. The molecule has 2 heteroatoms. The molecule has 0 aromatic heterocycles. The van der Waals surface area contributed by atoms with E-state index in [0.29, 0.717) is 0 Å². The zero-order chi connectivity index (χ0) is 7.15. The van der Waals surface area contributed by atoms with Crippen molar-refractivity contribution in [2.75, 3.05) is 0 Å². The van der Waals surface area contributed by atoms with E-state index in [2.05, 4.69) is 6.58 Å². The number of ketones is 1. The molecule has 0 saturated carbocycles. The van der Waals surface area contributed by atoms with Crippen molar-refractivity contribution in [2.45, 2.75) is 20.8 Å². The highest BCUT2D eigenvalue weighted by Crippen LogP contribution is 1.66. The molecule has 0 aliphatic heterocycles. The Hall–Kier alpha value is -0.790. The number of carbonyl (C=O) groups excluding carboxylic acids is 1. The zero-order valence-electron chi connectivity index (χ0n) is 5.56. The number of hydrogen-bond acceptors (Lipinski definition) is 2. The summed E-state index contributed by atoms with van der Waals surface area (Å²) in [6.07, 6.45) is 0. The van der Waals surface area contributed by atoms with Gasteiger partial charge in [-0.25, -0.2) is 0 Å². The summed E-state index contributed by atoms with van der Waals surface area (Å²) in [5.74, 6) is 0.333. The topological polar surface area (TPSA) is 37.3 Å². The van der Waals surface area contributed by atoms with Crippen LogP contribution in [0.3, 0.4) is 0 Å². The van der Waals surface area contributed by atoms with Gasteiger partial charge in [-0.2, -0.15) is 0 Å². The van der Waals surface area contributed by atoms with Gasteiger partial charge in [0.25, 0.3) is 0 Å². The average Bonchev–Trinajstić information content (AvgIpc) is 1.25. The average molecular weight is 116 g/mol. The summed E-state index contributed by atoms with van der Waals surface area (Å²) in [5.41, 5.74) is 0. The maximum Gasteiger partial charge on any atom is 0.126 e. The molecule has 0 fully saturated rings. The molecule has 0 aromatic rings. The number of hydrogen-bond donors (Lipinski definition) is 1. The van der Waals surface area contributed by atoms with Gasteiger partial charge in [0.1, 0.15) is 5.78 Å². The third-order valence-corrected chi connectivity index (χ3v) is 0. The van der Waals surface area contributed by atoms with E-state index < -0.39 is 0 Å². The first kappa shape index (κ1) is 10.2. The number of aliphatic hydroxyl groups excluding tert-OH is 1. The Morgan fingerprint density at radius 2 is 1.38 bits per heavy atom. The molecular weight excluding hydrogens is 104 g/mol. The second-order valence-electron chi connectivity index (χ2n) is 1.64. The fraction of sp³-hybridized carbons (Fsp3) is 0.500. The summed E-state index contributed by atoms with van der Waals surface area (Å²) in [5, 5.41) is 7.86. The molecule has 1 N–H and O–H groups in total. The van der Waals surface area contributed by atoms with E-state index >= 15 is 0 Å². The van der Waals surface area contributed by atoms with Gasteiger partial charge in [0.2, 0.25) is 0 Å². The lowest BCUT2D eigenvalue weighted by Crippen LogP contribution is -1.69. The van der Waals surface area contributed by atoms with Crippen molar-refractivity contribution in [2.24, 2.45) is 0 Å². The van der Waals surface area contributed by atoms with E-state index in [1.165, 1.54) is 20.8 Å². The van der Waals surface area contributed by atoms with Crippen LogP contribution >= 0.6 is 0 Å². The first-order valence-electron chi connectivity index (χ1n) is 2.28. The Kier molecular flexibility index (Phi) is 7.95. The molecule has 8 heavy (non-hydrogen) atoms. The molecule has 0 amide bonds. The van der Waals surface area contributed by atoms with E-state index in [9.17, 15) is 4.79 Å². The van der Waals surface area contributed by atoms with Crippen molar-refractivity contribution in [1.29, 1.82) is 0 Å². The highest BCUT2D eigenvalue weighted by atomic mass is 16.3. The van der Waals surface area contributed by atoms with Crippen molar-refractivity contribution in [3.63, 3.8) is 0 Å². The quantitative estimate of drug-likeness (QED) is 0.489. The first-order chi connectivity index (χ1) is 3.46. The fourth-order valence-electron chi connectivity index (χ4n) is 0. The van der Waals surface area contributed by atoms with Crippen LogP contribution in [0.1, 0.15) is 20.8 Å². The Morgan fingerprint density at radius 3 is 1.38 bits per heavy atom. The van der Waals surface area contributed by atoms with Crippen LogP contribution in [0.2, 0.25) is 0 Å². The van der Waals surface area contributed by atoms with Gasteiger partial charge in [-0.05, 0) is 20.8 Å². The highest BCUT2D eigenvalue weighted by Gasteiger charge is 1.62. The summed E-state index contributed by atoms with van der Waals surface area (Å²) in [4.78, 5) is 9.44. The van der Waals surface area contributed by atoms with Gasteiger partial charge in [0, 0.05) is 0 Å². The van der Waals surface area contributed by atoms with Gasteiger partial charge in [-0.3, -0.25) is 0 Å². The van der Waals surface area contributed by atoms with Crippen LogP contribution in [0.25, 0.3) is 0 Å². The van der Waals surface area contributed by atoms with E-state index in [4.69, 9.17) is 5.11 Å². The minimum Gasteiger partial charge on any atom is -0.513 e. The van der Waals surface area contributed by atoms with Gasteiger partial charge >= 0.3 is 0 Å². The van der Waals surface area contributed by atoms with Gasteiger partial charge in [-0.15, -0.1) is 0 Å². The van der Waals surface area contributed by atoms with Crippen LogP contribution in [-0.4, -0.2) is 10.9 Å². The van der Waals surface area contributed by atoms with E-state index in [1.54, 1.807) is 0 Å². The van der Waals surface area contributed by atoms with Gasteiger partial charge < -0.3 is 9.90 Å². The molecule has 0 saturated heterocycles. The van der Waals surface area contributed by atoms with Crippen molar-refractivity contribution in [3.05, 3.63) is 12.3 Å². The molecule has 0 heterocycles. The van der Waals surface area contributed by atoms with Crippen LogP contribution in [0, 0.1) is 0 Å². The Labute approximate surface area is 49.8 Å². The van der Waals surface area contributed by atoms with Crippen LogP contribution in [-0.2, 0) is 4.79 Å². The predicted octanol–water partition coefficient (Wildman–Crippen LogP) is 1.67. The monoisotopic (exact) mass is 116 g/mol. The van der Waals surface area contributed by atoms with Crippen LogP contribution in [0.5, 0.6) is 0 Å². The standard InChI is InChI=1S/2C3H6O/c2*1-3(2)4/h1-2H3;4H,1H2,2H3. The minimum atomic E-state index is 0.167. The number of Topliss-reactive ketones (excluding diaryl/α,β-unsaturated/α-hetero) is 1. The number of carbonyl (C=O) groups is 1. The van der Waals surface area contributed by atoms with Gasteiger partial charge in [0.05, 0.1) is 5.76 Å². The fourth-order valence-corrected chi connectivity index (χ4v) is 0. The Morgan fingerprint density at radius 1 is 1.38 bits per heavy atom. The van der Waals surface area contributed by atoms with Gasteiger partial charge in [-0.1, -0.05) is 6.58 Å². The molecule has 0 aliphatic carbocycles. The molecule has 48 valence electrons. The summed E-state index contributed by atoms with van der Waals surface area (Å²) >= 11 is 0. The molecule has 0 spiro atoms. The lowest BCUT2D eigenvalue weighted by Gasteiger charge is -1.68. The lowest BCUT2D eigenvalue weighted by molar-refractivity contribution is -0.114. The van der Waals surface area contributed by atoms with E-state index in [1.807, 2.05) is 0 Å². The van der Waals surface area contributed by atoms with Crippen LogP contribution in [0.15, 0.2) is 12.3 Å². The molecule has 0 radical (unpaired) electrons. The molecule has 0 aliphatic rings. The van der Waals surface area contributed by atoms with Crippen LogP contribution in [0.4, 0.5) is 0 Å². The Bertz CT molecular complexity index is 64.5.